The molecule has 1 heterocycles. The van der Waals surface area contributed by atoms with Gasteiger partial charge in [0, 0.05) is 12.2 Å². The minimum Gasteiger partial charge on any atom is -0.491 e. The van der Waals surface area contributed by atoms with Crippen molar-refractivity contribution in [2.24, 2.45) is 0 Å². The summed E-state index contributed by atoms with van der Waals surface area (Å²) in [6, 6.07) is 8.40. The number of unbranched alkanes of at least 4 members (excludes halogenated alkanes) is 5. The highest BCUT2D eigenvalue weighted by Gasteiger charge is 2.22. The number of nitrogens with zero attached hydrogens (tertiary/aromatic N) is 1. The zero-order chi connectivity index (χ0) is 29.9. The maximum atomic E-state index is 11.4. The molecule has 0 aliphatic carbocycles. The zero-order valence-corrected chi connectivity index (χ0v) is 25.4. The van der Waals surface area contributed by atoms with E-state index in [-0.39, 0.29) is 25.0 Å². The van der Waals surface area contributed by atoms with Crippen LogP contribution in [0.2, 0.25) is 0 Å². The van der Waals surface area contributed by atoms with Gasteiger partial charge < -0.3 is 33.2 Å². The minimum atomic E-state index is -0.300. The van der Waals surface area contributed by atoms with Crippen molar-refractivity contribution in [1.29, 1.82) is 0 Å². The molecule has 0 atom stereocenters. The standard InChI is InChI=1S/C32H51NO9/c1-2-3-4-5-6-7-8-29-9-11-30(12-10-29)42-28-27-41-26-25-40-24-23-39-22-21-38-20-19-37-18-17-36-16-15-33-31(34)13-14-32(33)35/h9-14H,2-8,15-28H2,1H3. The third-order valence-electron chi connectivity index (χ3n) is 6.46. The Morgan fingerprint density at radius 1 is 0.524 bits per heavy atom. The summed E-state index contributed by atoms with van der Waals surface area (Å²) < 4.78 is 38.5. The molecule has 42 heavy (non-hydrogen) atoms. The Morgan fingerprint density at radius 2 is 0.952 bits per heavy atom. The monoisotopic (exact) mass is 593 g/mol. The Morgan fingerprint density at radius 3 is 1.45 bits per heavy atom. The summed E-state index contributed by atoms with van der Waals surface area (Å²) in [6.07, 6.45) is 11.6. The second kappa shape index (κ2) is 25.2. The fraction of sp³-hybridized carbons (Fsp3) is 0.688. The van der Waals surface area contributed by atoms with E-state index in [0.29, 0.717) is 79.3 Å². The Bertz CT molecular complexity index is 829. The van der Waals surface area contributed by atoms with Gasteiger partial charge >= 0.3 is 0 Å². The van der Waals surface area contributed by atoms with E-state index in [9.17, 15) is 9.59 Å². The van der Waals surface area contributed by atoms with E-state index >= 15 is 0 Å². The normalized spacial score (nSPS) is 13.0. The van der Waals surface area contributed by atoms with Gasteiger partial charge in [-0.1, -0.05) is 51.2 Å². The summed E-state index contributed by atoms with van der Waals surface area (Å²) in [5, 5.41) is 0. The number of aryl methyl sites for hydroxylation is 1. The van der Waals surface area contributed by atoms with Crippen LogP contribution < -0.4 is 4.74 Å². The van der Waals surface area contributed by atoms with Crippen molar-refractivity contribution in [2.45, 2.75) is 51.9 Å². The molecule has 0 saturated heterocycles. The number of imide groups is 1. The molecule has 0 unspecified atom stereocenters. The number of benzene rings is 1. The van der Waals surface area contributed by atoms with Crippen LogP contribution in [0.15, 0.2) is 36.4 Å². The van der Waals surface area contributed by atoms with Crippen LogP contribution in [0.1, 0.15) is 51.0 Å². The van der Waals surface area contributed by atoms with Gasteiger partial charge in [-0.3, -0.25) is 14.5 Å². The van der Waals surface area contributed by atoms with E-state index < -0.39 is 0 Å². The van der Waals surface area contributed by atoms with Gasteiger partial charge in [-0.15, -0.1) is 0 Å². The minimum absolute atomic E-state index is 0.247. The van der Waals surface area contributed by atoms with Gasteiger partial charge in [-0.2, -0.15) is 0 Å². The molecule has 0 aromatic heterocycles. The van der Waals surface area contributed by atoms with Crippen molar-refractivity contribution in [3.8, 4) is 5.75 Å². The molecule has 0 radical (unpaired) electrons. The Hall–Kier alpha value is -2.34. The first-order valence-corrected chi connectivity index (χ1v) is 15.4. The Kier molecular flexibility index (Phi) is 21.5. The maximum Gasteiger partial charge on any atom is 0.253 e. The molecule has 1 aliphatic rings. The molecule has 1 aliphatic heterocycles. The molecule has 0 N–H and O–H groups in total. The molecule has 0 bridgehead atoms. The Labute approximate surface area is 251 Å². The first kappa shape index (κ1) is 35.9. The fourth-order valence-electron chi connectivity index (χ4n) is 4.09. The Balaban J connectivity index is 1.24. The molecule has 10 heteroatoms. The quantitative estimate of drug-likeness (QED) is 0.101. The van der Waals surface area contributed by atoms with Gasteiger partial charge in [0.15, 0.2) is 0 Å². The molecule has 0 saturated carbocycles. The van der Waals surface area contributed by atoms with Crippen molar-refractivity contribution >= 4 is 11.8 Å². The van der Waals surface area contributed by atoms with Crippen molar-refractivity contribution in [3.05, 3.63) is 42.0 Å². The predicted octanol–water partition coefficient (Wildman–Crippen LogP) is 3.99. The van der Waals surface area contributed by atoms with Crippen LogP contribution in [0.3, 0.4) is 0 Å². The van der Waals surface area contributed by atoms with Crippen LogP contribution in [0.5, 0.6) is 5.75 Å². The van der Waals surface area contributed by atoms with E-state index in [4.69, 9.17) is 33.2 Å². The number of amides is 2. The molecular weight excluding hydrogens is 542 g/mol. The highest BCUT2D eigenvalue weighted by Crippen LogP contribution is 2.15. The van der Waals surface area contributed by atoms with Crippen molar-refractivity contribution < 1.29 is 42.7 Å². The van der Waals surface area contributed by atoms with Crippen LogP contribution in [0.4, 0.5) is 0 Å². The second-order valence-corrected chi connectivity index (χ2v) is 9.85. The molecule has 0 fully saturated rings. The highest BCUT2D eigenvalue weighted by atomic mass is 16.6. The van der Waals surface area contributed by atoms with Gasteiger partial charge in [0.2, 0.25) is 0 Å². The third-order valence-corrected chi connectivity index (χ3v) is 6.46. The largest absolute Gasteiger partial charge is 0.491 e. The highest BCUT2D eigenvalue weighted by molar-refractivity contribution is 6.12. The lowest BCUT2D eigenvalue weighted by molar-refractivity contribution is -0.137. The molecule has 0 spiro atoms. The lowest BCUT2D eigenvalue weighted by Gasteiger charge is -2.13. The number of hydrogen-bond acceptors (Lipinski definition) is 9. The summed E-state index contributed by atoms with van der Waals surface area (Å²) in [4.78, 5) is 23.9. The van der Waals surface area contributed by atoms with E-state index in [1.165, 1.54) is 56.2 Å². The van der Waals surface area contributed by atoms with Crippen molar-refractivity contribution in [2.75, 3.05) is 92.4 Å². The van der Waals surface area contributed by atoms with Gasteiger partial charge in [0.1, 0.15) is 12.4 Å². The van der Waals surface area contributed by atoms with Crippen molar-refractivity contribution in [1.82, 2.24) is 4.90 Å². The van der Waals surface area contributed by atoms with Gasteiger partial charge in [-0.05, 0) is 30.5 Å². The van der Waals surface area contributed by atoms with E-state index in [1.54, 1.807) is 0 Å². The van der Waals surface area contributed by atoms with E-state index in [2.05, 4.69) is 19.1 Å². The van der Waals surface area contributed by atoms with Crippen LogP contribution in [0.25, 0.3) is 0 Å². The molecule has 2 rings (SSSR count). The van der Waals surface area contributed by atoms with Crippen LogP contribution in [0, 0.1) is 0 Å². The average Bonchev–Trinajstić information content (AvgIpc) is 3.32. The zero-order valence-electron chi connectivity index (χ0n) is 25.4. The average molecular weight is 594 g/mol. The number of carbonyl (C=O) groups is 2. The summed E-state index contributed by atoms with van der Waals surface area (Å²) in [6.45, 7) is 8.56. The van der Waals surface area contributed by atoms with Crippen molar-refractivity contribution in [3.63, 3.8) is 0 Å². The summed E-state index contributed by atoms with van der Waals surface area (Å²) in [5.41, 5.74) is 1.37. The topological polar surface area (TPSA) is 102 Å². The van der Waals surface area contributed by atoms with Gasteiger partial charge in [0.25, 0.3) is 11.8 Å². The third kappa shape index (κ3) is 18.3. The van der Waals surface area contributed by atoms with Gasteiger partial charge in [-0.25, -0.2) is 0 Å². The summed E-state index contributed by atoms with van der Waals surface area (Å²) in [7, 11) is 0. The van der Waals surface area contributed by atoms with E-state index in [0.717, 1.165) is 17.1 Å². The smallest absolute Gasteiger partial charge is 0.253 e. The van der Waals surface area contributed by atoms with Crippen LogP contribution >= 0.6 is 0 Å². The SMILES string of the molecule is CCCCCCCCc1ccc(OCCOCCOCCOCCOCCOCCOCCN2C(=O)C=CC2=O)cc1. The van der Waals surface area contributed by atoms with E-state index in [1.807, 2.05) is 12.1 Å². The molecule has 2 amide bonds. The number of rotatable bonds is 29. The molecule has 10 nitrogen and oxygen atoms in total. The summed E-state index contributed by atoms with van der Waals surface area (Å²) >= 11 is 0. The lowest BCUT2D eigenvalue weighted by atomic mass is 10.0. The predicted molar refractivity (Wildman–Crippen MR) is 160 cm³/mol. The van der Waals surface area contributed by atoms with Crippen LogP contribution in [-0.4, -0.2) is 109 Å². The first-order valence-electron chi connectivity index (χ1n) is 15.4. The molecule has 1 aromatic carbocycles. The molecule has 238 valence electrons. The maximum absolute atomic E-state index is 11.4. The second-order valence-electron chi connectivity index (χ2n) is 9.85. The number of hydrogen-bond donors (Lipinski definition) is 0. The molecule has 1 aromatic rings. The number of carbonyl (C=O) groups excluding carboxylic acids is 2. The van der Waals surface area contributed by atoms with Crippen LogP contribution in [-0.2, 0) is 44.4 Å². The lowest BCUT2D eigenvalue weighted by Crippen LogP contribution is -2.33. The number of ether oxygens (including phenoxy) is 7. The fourth-order valence-corrected chi connectivity index (χ4v) is 4.09. The first-order chi connectivity index (χ1) is 20.7. The summed E-state index contributed by atoms with van der Waals surface area (Å²) in [5.74, 6) is 0.278. The van der Waals surface area contributed by atoms with Gasteiger partial charge in [0.05, 0.1) is 85.8 Å². The molecular formula is C32H51NO9.